The first kappa shape index (κ1) is 36.3. The van der Waals surface area contributed by atoms with Gasteiger partial charge in [-0.05, 0) is 135 Å². The lowest BCUT2D eigenvalue weighted by Gasteiger charge is -2.22. The van der Waals surface area contributed by atoms with E-state index in [1.807, 2.05) is 0 Å². The Balaban J connectivity index is 0.000000621. The van der Waals surface area contributed by atoms with Crippen LogP contribution in [-0.2, 0) is 21.0 Å². The van der Waals surface area contributed by atoms with Crippen molar-refractivity contribution in [3.63, 3.8) is 0 Å². The summed E-state index contributed by atoms with van der Waals surface area (Å²) in [6.07, 6.45) is -4.92. The molecule has 0 amide bonds. The fourth-order valence-electron chi connectivity index (χ4n) is 3.60. The summed E-state index contributed by atoms with van der Waals surface area (Å²) in [5.41, 5.74) is -0.682. The molecule has 0 atom stereocenters. The van der Waals surface area contributed by atoms with Crippen LogP contribution in [0.25, 0.3) is 0 Å². The van der Waals surface area contributed by atoms with E-state index in [-0.39, 0.29) is 27.7 Å². The highest BCUT2D eigenvalue weighted by atomic mass is 32.2. The lowest BCUT2D eigenvalue weighted by molar-refractivity contribution is -0.107. The van der Waals surface area contributed by atoms with Crippen LogP contribution in [-0.4, -0.2) is 41.7 Å². The SMILES string of the molecule is CC(C)(C)Oc1ccc([S+](c2ccc(OC(C)(C)C)cc2)c2ccc(OC(C)(C)C)cc2)cc1.O=S(=O)([O-])CC(F)(F)F. The Morgan fingerprint density at radius 2 is 0.791 bits per heavy atom. The van der Waals surface area contributed by atoms with Gasteiger partial charge in [0, 0.05) is 0 Å². The Morgan fingerprint density at radius 1 is 0.558 bits per heavy atom. The monoisotopic (exact) mass is 642 g/mol. The van der Waals surface area contributed by atoms with Crippen molar-refractivity contribution in [2.75, 3.05) is 5.75 Å². The number of halogens is 3. The molecule has 0 radical (unpaired) electrons. The zero-order chi connectivity index (χ0) is 32.9. The predicted molar refractivity (Wildman–Crippen MR) is 163 cm³/mol. The lowest BCUT2D eigenvalue weighted by Crippen LogP contribution is -2.23. The molecule has 0 aromatic heterocycles. The number of rotatable bonds is 7. The Hall–Kier alpha value is -2.89. The van der Waals surface area contributed by atoms with E-state index >= 15 is 0 Å². The number of ether oxygens (including phenoxy) is 3. The molecule has 0 unspecified atom stereocenters. The third-order valence-corrected chi connectivity index (χ3v) is 7.70. The van der Waals surface area contributed by atoms with Gasteiger partial charge in [-0.3, -0.25) is 0 Å². The van der Waals surface area contributed by atoms with E-state index in [0.29, 0.717) is 0 Å². The number of hydrogen-bond acceptors (Lipinski definition) is 6. The summed E-state index contributed by atoms with van der Waals surface area (Å²) in [7, 11) is -5.43. The van der Waals surface area contributed by atoms with Crippen LogP contribution in [0.15, 0.2) is 87.5 Å². The molecule has 43 heavy (non-hydrogen) atoms. The summed E-state index contributed by atoms with van der Waals surface area (Å²) in [5, 5.41) is 0. The average Bonchev–Trinajstić information content (AvgIpc) is 2.78. The van der Waals surface area contributed by atoms with Crippen LogP contribution in [0.3, 0.4) is 0 Å². The smallest absolute Gasteiger partial charge is 0.401 e. The second-order valence-electron chi connectivity index (χ2n) is 12.7. The van der Waals surface area contributed by atoms with Gasteiger partial charge in [0.25, 0.3) is 0 Å². The summed E-state index contributed by atoms with van der Waals surface area (Å²) in [5.74, 6) is 0.341. The topological polar surface area (TPSA) is 84.9 Å². The summed E-state index contributed by atoms with van der Waals surface area (Å²) < 4.78 is 79.2. The third-order valence-electron chi connectivity index (χ3n) is 4.79. The van der Waals surface area contributed by atoms with Crippen molar-refractivity contribution in [1.82, 2.24) is 0 Å². The highest BCUT2D eigenvalue weighted by Gasteiger charge is 2.31. The molecule has 0 aliphatic rings. The van der Waals surface area contributed by atoms with Crippen molar-refractivity contribution < 1.29 is 40.4 Å². The van der Waals surface area contributed by atoms with E-state index < -0.39 is 22.0 Å². The second-order valence-corrected chi connectivity index (χ2v) is 16.1. The summed E-state index contributed by atoms with van der Waals surface area (Å²) in [6.45, 7) is 18.6. The minimum absolute atomic E-state index is 0.227. The van der Waals surface area contributed by atoms with E-state index in [2.05, 4.69) is 135 Å². The molecule has 3 rings (SSSR count). The zero-order valence-corrected chi connectivity index (χ0v) is 27.7. The average molecular weight is 643 g/mol. The standard InChI is InChI=1S/C30H39O3S.C2H3F3O3S/c1-28(2,3)31-22-10-16-25(17-11-22)34(26-18-12-23(13-19-26)32-29(4,5)6)27-20-14-24(15-21-27)33-30(7,8)9;3-2(4,5)1-9(6,7)8/h10-21H,1-9H3;1H2,(H,6,7,8)/q+1;/p-1. The van der Waals surface area contributed by atoms with E-state index in [4.69, 9.17) is 14.2 Å². The normalized spacial score (nSPS) is 12.8. The molecule has 0 aliphatic heterocycles. The fraction of sp³-hybridized carbons (Fsp3) is 0.438. The number of benzene rings is 3. The van der Waals surface area contributed by atoms with E-state index in [0.717, 1.165) is 17.2 Å². The number of alkyl halides is 3. The first-order valence-electron chi connectivity index (χ1n) is 13.5. The van der Waals surface area contributed by atoms with Gasteiger partial charge in [0.05, 0.1) is 10.9 Å². The predicted octanol–water partition coefficient (Wildman–Crippen LogP) is 8.41. The van der Waals surface area contributed by atoms with Crippen LogP contribution >= 0.6 is 0 Å². The largest absolute Gasteiger partial charge is 0.748 e. The molecule has 0 fully saturated rings. The van der Waals surface area contributed by atoms with Gasteiger partial charge in [-0.1, -0.05) is 0 Å². The van der Waals surface area contributed by atoms with Gasteiger partial charge >= 0.3 is 6.18 Å². The van der Waals surface area contributed by atoms with Crippen molar-refractivity contribution in [1.29, 1.82) is 0 Å². The molecule has 0 saturated heterocycles. The van der Waals surface area contributed by atoms with Gasteiger partial charge in [-0.25, -0.2) is 8.42 Å². The maximum absolute atomic E-state index is 11.0. The molecule has 11 heteroatoms. The molecule has 0 heterocycles. The molecule has 0 N–H and O–H groups in total. The Kier molecular flexibility index (Phi) is 11.7. The van der Waals surface area contributed by atoms with E-state index in [1.165, 1.54) is 14.7 Å². The molecular formula is C32H41F3O6S2. The van der Waals surface area contributed by atoms with Gasteiger partial charge < -0.3 is 18.8 Å². The van der Waals surface area contributed by atoms with Crippen LogP contribution in [0, 0.1) is 0 Å². The van der Waals surface area contributed by atoms with Gasteiger partial charge in [0.1, 0.15) is 49.9 Å². The quantitative estimate of drug-likeness (QED) is 0.190. The Morgan fingerprint density at radius 3 is 0.930 bits per heavy atom. The molecular weight excluding hydrogens is 601 g/mol. The summed E-state index contributed by atoms with van der Waals surface area (Å²) in [6, 6.07) is 25.4. The Labute approximate surface area is 256 Å². The molecule has 238 valence electrons. The minimum atomic E-state index is -5.16. The van der Waals surface area contributed by atoms with Crippen LogP contribution in [0.1, 0.15) is 62.3 Å². The van der Waals surface area contributed by atoms with Crippen LogP contribution in [0.2, 0.25) is 0 Å². The molecule has 3 aromatic rings. The fourth-order valence-corrected chi connectivity index (χ4v) is 6.04. The highest BCUT2D eigenvalue weighted by Crippen LogP contribution is 2.35. The molecule has 3 aromatic carbocycles. The molecule has 0 spiro atoms. The summed E-state index contributed by atoms with van der Waals surface area (Å²) in [4.78, 5) is 3.70. The molecule has 0 aliphatic carbocycles. The van der Waals surface area contributed by atoms with Gasteiger partial charge in [0.15, 0.2) is 14.7 Å². The van der Waals surface area contributed by atoms with E-state index in [9.17, 15) is 26.1 Å². The second kappa shape index (κ2) is 13.8. The van der Waals surface area contributed by atoms with Crippen molar-refractivity contribution in [3.05, 3.63) is 72.8 Å². The maximum Gasteiger partial charge on any atom is 0.401 e. The third kappa shape index (κ3) is 14.9. The van der Waals surface area contributed by atoms with Gasteiger partial charge in [-0.15, -0.1) is 0 Å². The summed E-state index contributed by atoms with van der Waals surface area (Å²) >= 11 is 0. The molecule has 0 bridgehead atoms. The van der Waals surface area contributed by atoms with E-state index in [1.54, 1.807) is 0 Å². The highest BCUT2D eigenvalue weighted by molar-refractivity contribution is 7.97. The van der Waals surface area contributed by atoms with Crippen LogP contribution in [0.4, 0.5) is 13.2 Å². The van der Waals surface area contributed by atoms with Gasteiger partial charge in [0.2, 0.25) is 0 Å². The van der Waals surface area contributed by atoms with Crippen LogP contribution in [0.5, 0.6) is 17.2 Å². The molecule has 6 nitrogen and oxygen atoms in total. The van der Waals surface area contributed by atoms with Crippen molar-refractivity contribution >= 4 is 21.0 Å². The Bertz CT molecular complexity index is 1260. The number of hydrogen-bond donors (Lipinski definition) is 0. The van der Waals surface area contributed by atoms with Crippen molar-refractivity contribution in [2.45, 2.75) is 100.0 Å². The van der Waals surface area contributed by atoms with Gasteiger partial charge in [-0.2, -0.15) is 13.2 Å². The van der Waals surface area contributed by atoms with Crippen molar-refractivity contribution in [2.24, 2.45) is 0 Å². The molecule has 0 saturated carbocycles. The lowest BCUT2D eigenvalue weighted by atomic mass is 10.2. The van der Waals surface area contributed by atoms with Crippen molar-refractivity contribution in [3.8, 4) is 17.2 Å². The van der Waals surface area contributed by atoms with Crippen LogP contribution < -0.4 is 14.2 Å². The minimum Gasteiger partial charge on any atom is -0.748 e. The first-order valence-corrected chi connectivity index (χ1v) is 16.3. The zero-order valence-electron chi connectivity index (χ0n) is 26.0. The maximum atomic E-state index is 11.0. The first-order chi connectivity index (χ1) is 19.4.